The fourth-order valence-corrected chi connectivity index (χ4v) is 4.46. The number of amides is 2. The molecule has 0 atom stereocenters. The molecule has 1 aromatic carbocycles. The molecular weight excluding hydrogens is 422 g/mol. The first-order chi connectivity index (χ1) is 12.2. The maximum atomic E-state index is 12.2. The number of benzene rings is 1. The molecule has 7 nitrogen and oxygen atoms in total. The summed E-state index contributed by atoms with van der Waals surface area (Å²) in [5, 5.41) is 5.41. The Morgan fingerprint density at radius 2 is 1.92 bits per heavy atom. The van der Waals surface area contributed by atoms with Gasteiger partial charge < -0.3 is 10.6 Å². The molecule has 2 rings (SSSR count). The van der Waals surface area contributed by atoms with E-state index in [4.69, 9.17) is 0 Å². The molecule has 0 bridgehead atoms. The highest BCUT2D eigenvalue weighted by Crippen LogP contribution is 2.21. The quantitative estimate of drug-likeness (QED) is 0.698. The maximum absolute atomic E-state index is 12.2. The molecule has 1 heterocycles. The van der Waals surface area contributed by atoms with Gasteiger partial charge in [0.2, 0.25) is 21.8 Å². The van der Waals surface area contributed by atoms with Crippen LogP contribution in [0.1, 0.15) is 25.3 Å². The number of carbonyl (C=O) groups is 2. The molecule has 0 spiro atoms. The Morgan fingerprint density at radius 3 is 2.50 bits per heavy atom. The van der Waals surface area contributed by atoms with E-state index in [1.165, 1.54) is 4.31 Å². The predicted octanol–water partition coefficient (Wildman–Crippen LogP) is 1.87. The SMILES string of the molecule is CCS(=O)(=O)N1CCC(C(=O)NCC(=O)Nc2ccc(Br)cc2C)CC1. The average Bonchev–Trinajstić information content (AvgIpc) is 2.62. The van der Waals surface area contributed by atoms with Crippen LogP contribution in [0, 0.1) is 12.8 Å². The van der Waals surface area contributed by atoms with Crippen LogP contribution in [0.15, 0.2) is 22.7 Å². The number of halogens is 1. The lowest BCUT2D eigenvalue weighted by Crippen LogP contribution is -2.44. The molecule has 1 aliphatic rings. The molecule has 26 heavy (non-hydrogen) atoms. The monoisotopic (exact) mass is 445 g/mol. The highest BCUT2D eigenvalue weighted by Gasteiger charge is 2.30. The van der Waals surface area contributed by atoms with Gasteiger partial charge in [-0.1, -0.05) is 15.9 Å². The van der Waals surface area contributed by atoms with Crippen molar-refractivity contribution in [3.8, 4) is 0 Å². The van der Waals surface area contributed by atoms with Crippen LogP contribution in [0.25, 0.3) is 0 Å². The van der Waals surface area contributed by atoms with E-state index in [1.54, 1.807) is 13.0 Å². The van der Waals surface area contributed by atoms with Crippen molar-refractivity contribution in [2.24, 2.45) is 5.92 Å². The van der Waals surface area contributed by atoms with Gasteiger partial charge >= 0.3 is 0 Å². The van der Waals surface area contributed by atoms with Crippen molar-refractivity contribution >= 4 is 43.5 Å². The van der Waals surface area contributed by atoms with Crippen molar-refractivity contribution in [2.75, 3.05) is 30.7 Å². The van der Waals surface area contributed by atoms with E-state index < -0.39 is 10.0 Å². The standard InChI is InChI=1S/C17H24BrN3O4S/c1-3-26(24,25)21-8-6-13(7-9-21)17(23)19-11-16(22)20-15-5-4-14(18)10-12(15)2/h4-5,10,13H,3,6-9,11H2,1-2H3,(H,19,23)(H,20,22). The van der Waals surface area contributed by atoms with Crippen molar-refractivity contribution in [1.29, 1.82) is 0 Å². The Labute approximate surface area is 162 Å². The minimum absolute atomic E-state index is 0.0690. The Balaban J connectivity index is 1.79. The van der Waals surface area contributed by atoms with Gasteiger partial charge in [-0.3, -0.25) is 9.59 Å². The summed E-state index contributed by atoms with van der Waals surface area (Å²) in [4.78, 5) is 24.3. The van der Waals surface area contributed by atoms with Gasteiger partial charge in [-0.05, 0) is 50.5 Å². The number of carbonyl (C=O) groups excluding carboxylic acids is 2. The number of nitrogens with one attached hydrogen (secondary N) is 2. The zero-order valence-corrected chi connectivity index (χ0v) is 17.3. The van der Waals surface area contributed by atoms with E-state index in [-0.39, 0.29) is 30.0 Å². The molecule has 9 heteroatoms. The summed E-state index contributed by atoms with van der Waals surface area (Å²) < 4.78 is 26.0. The van der Waals surface area contributed by atoms with Gasteiger partial charge in [-0.2, -0.15) is 0 Å². The van der Waals surface area contributed by atoms with E-state index in [9.17, 15) is 18.0 Å². The van der Waals surface area contributed by atoms with Gasteiger partial charge in [0.15, 0.2) is 0 Å². The number of hydrogen-bond acceptors (Lipinski definition) is 4. The van der Waals surface area contributed by atoms with Gasteiger partial charge in [0.05, 0.1) is 12.3 Å². The second kappa shape index (κ2) is 8.96. The first-order valence-electron chi connectivity index (χ1n) is 8.54. The molecule has 0 radical (unpaired) electrons. The lowest BCUT2D eigenvalue weighted by atomic mass is 9.97. The Bertz CT molecular complexity index is 774. The largest absolute Gasteiger partial charge is 0.347 e. The van der Waals surface area contributed by atoms with Crippen LogP contribution < -0.4 is 10.6 Å². The molecule has 2 amide bonds. The first kappa shape index (κ1) is 20.9. The van der Waals surface area contributed by atoms with Crippen molar-refractivity contribution in [3.63, 3.8) is 0 Å². The van der Waals surface area contributed by atoms with Gasteiger partial charge in [0.1, 0.15) is 0 Å². The summed E-state index contributed by atoms with van der Waals surface area (Å²) in [5.74, 6) is -0.698. The third-order valence-electron chi connectivity index (χ3n) is 4.47. The lowest BCUT2D eigenvalue weighted by molar-refractivity contribution is -0.128. The van der Waals surface area contributed by atoms with E-state index in [1.807, 2.05) is 19.1 Å². The molecule has 1 aromatic rings. The minimum Gasteiger partial charge on any atom is -0.347 e. The Hall–Kier alpha value is -1.45. The normalized spacial score (nSPS) is 16.3. The van der Waals surface area contributed by atoms with Crippen LogP contribution in [-0.2, 0) is 19.6 Å². The second-order valence-electron chi connectivity index (χ2n) is 6.30. The van der Waals surface area contributed by atoms with Gasteiger partial charge in [0, 0.05) is 29.2 Å². The number of hydrogen-bond donors (Lipinski definition) is 2. The number of nitrogens with zero attached hydrogens (tertiary/aromatic N) is 1. The average molecular weight is 446 g/mol. The Morgan fingerprint density at radius 1 is 1.27 bits per heavy atom. The molecule has 0 aliphatic carbocycles. The predicted molar refractivity (Wildman–Crippen MR) is 104 cm³/mol. The number of aryl methyl sites for hydroxylation is 1. The molecule has 144 valence electrons. The van der Waals surface area contributed by atoms with Crippen LogP contribution in [0.3, 0.4) is 0 Å². The summed E-state index contributed by atoms with van der Waals surface area (Å²) in [6.07, 6.45) is 0.941. The third-order valence-corrected chi connectivity index (χ3v) is 6.84. The molecule has 1 fully saturated rings. The molecule has 1 aliphatic heterocycles. The molecule has 0 saturated carbocycles. The van der Waals surface area contributed by atoms with Crippen molar-refractivity contribution in [2.45, 2.75) is 26.7 Å². The minimum atomic E-state index is -3.20. The van der Waals surface area contributed by atoms with Gasteiger partial charge in [-0.15, -0.1) is 0 Å². The number of piperidine rings is 1. The fraction of sp³-hybridized carbons (Fsp3) is 0.529. The third kappa shape index (κ3) is 5.52. The zero-order chi connectivity index (χ0) is 19.3. The maximum Gasteiger partial charge on any atom is 0.243 e. The summed E-state index contributed by atoms with van der Waals surface area (Å²) in [6.45, 7) is 4.08. The van der Waals surface area contributed by atoms with Crippen LogP contribution in [0.4, 0.5) is 5.69 Å². The van der Waals surface area contributed by atoms with Crippen LogP contribution in [0.2, 0.25) is 0 Å². The topological polar surface area (TPSA) is 95.6 Å². The van der Waals surface area contributed by atoms with Crippen LogP contribution in [0.5, 0.6) is 0 Å². The molecule has 0 unspecified atom stereocenters. The van der Waals surface area contributed by atoms with Crippen LogP contribution >= 0.6 is 15.9 Å². The summed E-state index contributed by atoms with van der Waals surface area (Å²) in [5.41, 5.74) is 1.62. The first-order valence-corrected chi connectivity index (χ1v) is 10.9. The van der Waals surface area contributed by atoms with E-state index >= 15 is 0 Å². The number of anilines is 1. The highest BCUT2D eigenvalue weighted by atomic mass is 79.9. The van der Waals surface area contributed by atoms with Gasteiger partial charge in [-0.25, -0.2) is 12.7 Å². The molecule has 1 saturated heterocycles. The lowest BCUT2D eigenvalue weighted by Gasteiger charge is -2.30. The van der Waals surface area contributed by atoms with E-state index in [0.717, 1.165) is 10.0 Å². The fourth-order valence-electron chi connectivity index (χ4n) is 2.85. The zero-order valence-electron chi connectivity index (χ0n) is 14.9. The number of rotatable bonds is 6. The smallest absolute Gasteiger partial charge is 0.243 e. The highest BCUT2D eigenvalue weighted by molar-refractivity contribution is 9.10. The molecule has 0 aromatic heterocycles. The molecule has 2 N–H and O–H groups in total. The van der Waals surface area contributed by atoms with Crippen LogP contribution in [-0.4, -0.2) is 49.9 Å². The Kier molecular flexibility index (Phi) is 7.19. The summed E-state index contributed by atoms with van der Waals surface area (Å²) in [6, 6.07) is 5.52. The number of sulfonamides is 1. The summed E-state index contributed by atoms with van der Waals surface area (Å²) >= 11 is 3.37. The van der Waals surface area contributed by atoms with Crippen molar-refractivity contribution < 1.29 is 18.0 Å². The van der Waals surface area contributed by atoms with E-state index in [2.05, 4.69) is 26.6 Å². The van der Waals surface area contributed by atoms with Crippen molar-refractivity contribution in [3.05, 3.63) is 28.2 Å². The van der Waals surface area contributed by atoms with Gasteiger partial charge in [0.25, 0.3) is 0 Å². The second-order valence-corrected chi connectivity index (χ2v) is 9.47. The molecular formula is C17H24BrN3O4S. The van der Waals surface area contributed by atoms with Crippen molar-refractivity contribution in [1.82, 2.24) is 9.62 Å². The van der Waals surface area contributed by atoms with E-state index in [0.29, 0.717) is 31.6 Å². The summed E-state index contributed by atoms with van der Waals surface area (Å²) in [7, 11) is -3.20.